The second-order valence-corrected chi connectivity index (χ2v) is 6.10. The number of thiophene rings is 2. The van der Waals surface area contributed by atoms with E-state index in [-0.39, 0.29) is 11.6 Å². The zero-order valence-electron chi connectivity index (χ0n) is 9.58. The van der Waals surface area contributed by atoms with Gasteiger partial charge in [0.1, 0.15) is 0 Å². The summed E-state index contributed by atoms with van der Waals surface area (Å²) in [4.78, 5) is 25.8. The first-order valence-electron chi connectivity index (χ1n) is 5.14. The zero-order chi connectivity index (χ0) is 13.0. The molecule has 0 aliphatic rings. The maximum absolute atomic E-state index is 12.1. The summed E-state index contributed by atoms with van der Waals surface area (Å²) in [5.41, 5.74) is 0. The molecule has 2 rings (SSSR count). The molecule has 0 N–H and O–H groups in total. The van der Waals surface area contributed by atoms with E-state index in [1.807, 2.05) is 22.9 Å². The number of hydrogen-bond donors (Lipinski definition) is 0. The van der Waals surface area contributed by atoms with E-state index in [2.05, 4.69) is 0 Å². The van der Waals surface area contributed by atoms with Crippen LogP contribution in [0.4, 0.5) is 0 Å². The molecule has 0 unspecified atom stereocenters. The molecule has 2 aromatic heterocycles. The van der Waals surface area contributed by atoms with E-state index >= 15 is 0 Å². The molecule has 0 aliphatic heterocycles. The van der Waals surface area contributed by atoms with Crippen molar-refractivity contribution in [2.75, 3.05) is 6.26 Å². The Bertz CT molecular complexity index is 565. The summed E-state index contributed by atoms with van der Waals surface area (Å²) in [5.74, 6) is -0.193. The van der Waals surface area contributed by atoms with E-state index in [0.29, 0.717) is 14.7 Å². The van der Waals surface area contributed by atoms with Crippen molar-refractivity contribution >= 4 is 46.0 Å². The van der Waals surface area contributed by atoms with Crippen LogP contribution in [0.5, 0.6) is 0 Å². The molecule has 0 bridgehead atoms. The van der Waals surface area contributed by atoms with Gasteiger partial charge in [0.15, 0.2) is 5.78 Å². The molecule has 0 amide bonds. The predicted octanol–water partition coefficient (Wildman–Crippen LogP) is 4.12. The molecule has 0 atom stereocenters. The van der Waals surface area contributed by atoms with Gasteiger partial charge in [-0.1, -0.05) is 12.1 Å². The van der Waals surface area contributed by atoms with Gasteiger partial charge in [-0.05, 0) is 29.1 Å². The van der Waals surface area contributed by atoms with Gasteiger partial charge in [0, 0.05) is 6.08 Å². The first-order valence-corrected chi connectivity index (χ1v) is 8.12. The highest BCUT2D eigenvalue weighted by Crippen LogP contribution is 2.22. The van der Waals surface area contributed by atoms with Crippen LogP contribution in [0.2, 0.25) is 0 Å². The molecular formula is C13H10O2S3. The van der Waals surface area contributed by atoms with E-state index in [9.17, 15) is 9.59 Å². The molecule has 0 saturated carbocycles. The monoisotopic (exact) mass is 294 g/mol. The molecule has 0 spiro atoms. The van der Waals surface area contributed by atoms with Crippen LogP contribution in [-0.2, 0) is 0 Å². The second-order valence-electron chi connectivity index (χ2n) is 3.36. The Morgan fingerprint density at radius 1 is 1.11 bits per heavy atom. The molecule has 0 radical (unpaired) electrons. The lowest BCUT2D eigenvalue weighted by Gasteiger charge is -2.00. The first-order chi connectivity index (χ1) is 8.72. The minimum atomic E-state index is -0.112. The minimum absolute atomic E-state index is 0.0811. The lowest BCUT2D eigenvalue weighted by atomic mass is 10.2. The van der Waals surface area contributed by atoms with Crippen LogP contribution >= 0.6 is 34.4 Å². The molecule has 0 saturated heterocycles. The second kappa shape index (κ2) is 6.13. The fourth-order valence-electron chi connectivity index (χ4n) is 1.36. The zero-order valence-corrected chi connectivity index (χ0v) is 12.0. The summed E-state index contributed by atoms with van der Waals surface area (Å²) in [6.45, 7) is 0. The molecule has 2 heterocycles. The Balaban J connectivity index is 2.23. The molecule has 18 heavy (non-hydrogen) atoms. The Labute approximate surface area is 117 Å². The van der Waals surface area contributed by atoms with Gasteiger partial charge in [0.25, 0.3) is 0 Å². The Morgan fingerprint density at radius 3 is 2.22 bits per heavy atom. The molecule has 0 aliphatic carbocycles. The number of carbonyl (C=O) groups is 2. The molecule has 2 nitrogen and oxygen atoms in total. The summed E-state index contributed by atoms with van der Waals surface area (Å²) >= 11 is 4.07. The largest absolute Gasteiger partial charge is 0.288 e. The topological polar surface area (TPSA) is 34.1 Å². The Hall–Kier alpha value is -1.17. The van der Waals surface area contributed by atoms with Crippen molar-refractivity contribution in [3.8, 4) is 0 Å². The molecular weight excluding hydrogens is 284 g/mol. The van der Waals surface area contributed by atoms with Crippen LogP contribution in [-0.4, -0.2) is 17.8 Å². The number of rotatable bonds is 5. The van der Waals surface area contributed by atoms with Gasteiger partial charge in [0.05, 0.1) is 14.7 Å². The lowest BCUT2D eigenvalue weighted by molar-refractivity contribution is 0.102. The van der Waals surface area contributed by atoms with Crippen LogP contribution in [0, 0.1) is 0 Å². The molecule has 0 fully saturated rings. The van der Waals surface area contributed by atoms with Gasteiger partial charge in [-0.25, -0.2) is 0 Å². The number of ketones is 2. The number of Topliss-reactive ketones (excluding diaryl/α,β-unsaturated/α-hetero) is 1. The average molecular weight is 294 g/mol. The van der Waals surface area contributed by atoms with Crippen LogP contribution < -0.4 is 0 Å². The van der Waals surface area contributed by atoms with E-state index in [1.165, 1.54) is 40.5 Å². The normalized spacial score (nSPS) is 11.5. The van der Waals surface area contributed by atoms with Gasteiger partial charge < -0.3 is 0 Å². The summed E-state index contributed by atoms with van der Waals surface area (Å²) < 4.78 is 0. The minimum Gasteiger partial charge on any atom is -0.288 e. The van der Waals surface area contributed by atoms with E-state index in [4.69, 9.17) is 0 Å². The van der Waals surface area contributed by atoms with Gasteiger partial charge in [-0.3, -0.25) is 9.59 Å². The van der Waals surface area contributed by atoms with Gasteiger partial charge in [-0.2, -0.15) is 0 Å². The standard InChI is InChI=1S/C13H10O2S3/c1-16-12(13(15)11-5-3-7-18-11)8-9(14)10-4-2-6-17-10/h2-8H,1H3/b12-8-. The number of carbonyl (C=O) groups excluding carboxylic acids is 2. The maximum Gasteiger partial charge on any atom is 0.209 e. The summed E-state index contributed by atoms with van der Waals surface area (Å²) in [5, 5.41) is 3.70. The fraction of sp³-hybridized carbons (Fsp3) is 0.0769. The Morgan fingerprint density at radius 2 is 1.72 bits per heavy atom. The number of thioether (sulfide) groups is 1. The third-order valence-electron chi connectivity index (χ3n) is 2.21. The quantitative estimate of drug-likeness (QED) is 0.614. The molecule has 92 valence electrons. The van der Waals surface area contributed by atoms with E-state index in [1.54, 1.807) is 18.4 Å². The molecule has 0 aromatic carbocycles. The van der Waals surface area contributed by atoms with Crippen molar-refractivity contribution in [3.05, 3.63) is 55.8 Å². The first kappa shape index (κ1) is 13.3. The van der Waals surface area contributed by atoms with Crippen molar-refractivity contribution in [2.24, 2.45) is 0 Å². The van der Waals surface area contributed by atoms with Crippen molar-refractivity contribution in [1.82, 2.24) is 0 Å². The van der Waals surface area contributed by atoms with Crippen molar-refractivity contribution in [2.45, 2.75) is 0 Å². The highest BCUT2D eigenvalue weighted by molar-refractivity contribution is 8.03. The maximum atomic E-state index is 12.1. The van der Waals surface area contributed by atoms with Gasteiger partial charge in [-0.15, -0.1) is 34.4 Å². The van der Waals surface area contributed by atoms with Gasteiger partial charge >= 0.3 is 0 Å². The van der Waals surface area contributed by atoms with Crippen molar-refractivity contribution in [1.29, 1.82) is 0 Å². The SMILES string of the molecule is CS/C(=C\C(=O)c1cccs1)C(=O)c1cccs1. The van der Waals surface area contributed by atoms with E-state index in [0.717, 1.165) is 0 Å². The lowest BCUT2D eigenvalue weighted by Crippen LogP contribution is -2.01. The summed E-state index contributed by atoms with van der Waals surface area (Å²) in [6.07, 6.45) is 3.23. The average Bonchev–Trinajstić information content (AvgIpc) is 3.05. The Kier molecular flexibility index (Phi) is 4.52. The summed E-state index contributed by atoms with van der Waals surface area (Å²) in [6, 6.07) is 7.19. The van der Waals surface area contributed by atoms with Crippen molar-refractivity contribution < 1.29 is 9.59 Å². The molecule has 5 heteroatoms. The van der Waals surface area contributed by atoms with E-state index < -0.39 is 0 Å². The number of hydrogen-bond acceptors (Lipinski definition) is 5. The number of allylic oxidation sites excluding steroid dienone is 2. The highest BCUT2D eigenvalue weighted by Gasteiger charge is 2.15. The van der Waals surface area contributed by atoms with Crippen LogP contribution in [0.25, 0.3) is 0 Å². The third-order valence-corrected chi connectivity index (χ3v) is 4.71. The fourth-order valence-corrected chi connectivity index (χ4v) is 3.25. The highest BCUT2D eigenvalue weighted by atomic mass is 32.2. The smallest absolute Gasteiger partial charge is 0.209 e. The van der Waals surface area contributed by atoms with Crippen molar-refractivity contribution in [3.63, 3.8) is 0 Å². The van der Waals surface area contributed by atoms with Crippen LogP contribution in [0.15, 0.2) is 46.0 Å². The van der Waals surface area contributed by atoms with Gasteiger partial charge in [0.2, 0.25) is 5.78 Å². The third kappa shape index (κ3) is 2.98. The van der Waals surface area contributed by atoms with Crippen LogP contribution in [0.1, 0.15) is 19.3 Å². The molecule has 2 aromatic rings. The predicted molar refractivity (Wildman–Crippen MR) is 78.9 cm³/mol. The summed E-state index contributed by atoms with van der Waals surface area (Å²) in [7, 11) is 0. The van der Waals surface area contributed by atoms with Crippen LogP contribution in [0.3, 0.4) is 0 Å².